The number of rotatable bonds is 6. The average molecular weight is 275 g/mol. The van der Waals surface area contributed by atoms with Crippen LogP contribution < -0.4 is 15.2 Å². The largest absolute Gasteiger partial charge is 0.494 e. The van der Waals surface area contributed by atoms with Gasteiger partial charge in [-0.1, -0.05) is 13.0 Å². The van der Waals surface area contributed by atoms with Crippen molar-refractivity contribution in [1.82, 2.24) is 0 Å². The maximum atomic E-state index is 12.9. The first-order valence-electron chi connectivity index (χ1n) is 6.58. The fourth-order valence-electron chi connectivity index (χ4n) is 1.71. The van der Waals surface area contributed by atoms with E-state index in [2.05, 4.69) is 6.92 Å². The number of hydrogen-bond acceptors (Lipinski definition) is 3. The highest BCUT2D eigenvalue weighted by molar-refractivity contribution is 5.46. The Hall–Kier alpha value is -2.23. The Morgan fingerprint density at radius 3 is 2.25 bits per heavy atom. The predicted molar refractivity (Wildman–Crippen MR) is 77.4 cm³/mol. The molecule has 2 N–H and O–H groups in total. The zero-order chi connectivity index (χ0) is 14.4. The van der Waals surface area contributed by atoms with E-state index in [0.29, 0.717) is 18.9 Å². The van der Waals surface area contributed by atoms with E-state index in [4.69, 9.17) is 15.2 Å². The van der Waals surface area contributed by atoms with Crippen molar-refractivity contribution in [2.45, 2.75) is 20.0 Å². The molecule has 0 radical (unpaired) electrons. The lowest BCUT2D eigenvalue weighted by Gasteiger charge is -2.09. The summed E-state index contributed by atoms with van der Waals surface area (Å²) in [4.78, 5) is 0. The van der Waals surface area contributed by atoms with Crippen LogP contribution in [-0.2, 0) is 6.61 Å². The summed E-state index contributed by atoms with van der Waals surface area (Å²) >= 11 is 0. The molecule has 0 spiro atoms. The summed E-state index contributed by atoms with van der Waals surface area (Å²) in [5, 5.41) is 0. The fourth-order valence-corrected chi connectivity index (χ4v) is 1.71. The third-order valence-electron chi connectivity index (χ3n) is 2.80. The van der Waals surface area contributed by atoms with Gasteiger partial charge >= 0.3 is 0 Å². The maximum absolute atomic E-state index is 12.9. The molecular weight excluding hydrogens is 257 g/mol. The van der Waals surface area contributed by atoms with Gasteiger partial charge in [0, 0.05) is 11.3 Å². The molecule has 0 amide bonds. The molecule has 2 aromatic rings. The Morgan fingerprint density at radius 1 is 1.00 bits per heavy atom. The number of nitrogens with two attached hydrogens (primary N) is 1. The van der Waals surface area contributed by atoms with Crippen LogP contribution in [0.15, 0.2) is 42.5 Å². The molecular formula is C16H18FNO2. The van der Waals surface area contributed by atoms with E-state index in [1.54, 1.807) is 6.07 Å². The highest BCUT2D eigenvalue weighted by atomic mass is 19.1. The minimum absolute atomic E-state index is 0.307. The van der Waals surface area contributed by atoms with Gasteiger partial charge in [0.1, 0.15) is 23.9 Å². The van der Waals surface area contributed by atoms with Gasteiger partial charge in [0.15, 0.2) is 0 Å². The Morgan fingerprint density at radius 2 is 1.65 bits per heavy atom. The van der Waals surface area contributed by atoms with E-state index in [1.165, 1.54) is 12.1 Å². The molecule has 20 heavy (non-hydrogen) atoms. The minimum atomic E-state index is -0.344. The second kappa shape index (κ2) is 6.80. The molecule has 2 aromatic carbocycles. The monoisotopic (exact) mass is 275 g/mol. The van der Waals surface area contributed by atoms with Crippen molar-refractivity contribution in [2.75, 3.05) is 12.3 Å². The Labute approximate surface area is 118 Å². The maximum Gasteiger partial charge on any atom is 0.125 e. The second-order valence-electron chi connectivity index (χ2n) is 4.45. The summed E-state index contributed by atoms with van der Waals surface area (Å²) in [7, 11) is 0. The van der Waals surface area contributed by atoms with Crippen molar-refractivity contribution in [3.05, 3.63) is 53.8 Å². The van der Waals surface area contributed by atoms with Crippen LogP contribution >= 0.6 is 0 Å². The molecule has 0 saturated carbocycles. The number of hydrogen-bond donors (Lipinski definition) is 1. The van der Waals surface area contributed by atoms with Crippen molar-refractivity contribution in [1.29, 1.82) is 0 Å². The SMILES string of the molecule is CCCOc1ccc(OCc2ccc(F)cc2N)cc1. The minimum Gasteiger partial charge on any atom is -0.494 e. The smallest absolute Gasteiger partial charge is 0.125 e. The van der Waals surface area contributed by atoms with Crippen molar-refractivity contribution >= 4 is 5.69 Å². The number of ether oxygens (including phenoxy) is 2. The predicted octanol–water partition coefficient (Wildman–Crippen LogP) is 3.78. The number of halogens is 1. The first-order valence-corrected chi connectivity index (χ1v) is 6.58. The molecule has 0 aliphatic heterocycles. The molecule has 0 aliphatic rings. The Kier molecular flexibility index (Phi) is 4.82. The zero-order valence-corrected chi connectivity index (χ0v) is 11.4. The van der Waals surface area contributed by atoms with Crippen LogP contribution in [0, 0.1) is 5.82 Å². The first-order chi connectivity index (χ1) is 9.69. The molecule has 0 bridgehead atoms. The highest BCUT2D eigenvalue weighted by Crippen LogP contribution is 2.20. The number of anilines is 1. The van der Waals surface area contributed by atoms with Gasteiger partial charge in [0.05, 0.1) is 6.61 Å². The van der Waals surface area contributed by atoms with Crippen molar-refractivity contribution in [2.24, 2.45) is 0 Å². The highest BCUT2D eigenvalue weighted by Gasteiger charge is 2.02. The third-order valence-corrected chi connectivity index (χ3v) is 2.80. The van der Waals surface area contributed by atoms with Crippen molar-refractivity contribution < 1.29 is 13.9 Å². The lowest BCUT2D eigenvalue weighted by molar-refractivity contribution is 0.302. The van der Waals surface area contributed by atoms with E-state index in [1.807, 2.05) is 24.3 Å². The van der Waals surface area contributed by atoms with Gasteiger partial charge in [-0.3, -0.25) is 0 Å². The lowest BCUT2D eigenvalue weighted by atomic mass is 10.2. The Balaban J connectivity index is 1.93. The molecule has 106 valence electrons. The lowest BCUT2D eigenvalue weighted by Crippen LogP contribution is -2.01. The Bertz CT molecular complexity index is 555. The normalized spacial score (nSPS) is 10.3. The summed E-state index contributed by atoms with van der Waals surface area (Å²) in [6.07, 6.45) is 0.974. The molecule has 0 fully saturated rings. The molecule has 0 saturated heterocycles. The van der Waals surface area contributed by atoms with Gasteiger partial charge < -0.3 is 15.2 Å². The van der Waals surface area contributed by atoms with Crippen LogP contribution in [0.3, 0.4) is 0 Å². The summed E-state index contributed by atoms with van der Waals surface area (Å²) in [6, 6.07) is 11.7. The number of nitrogen functional groups attached to an aromatic ring is 1. The van der Waals surface area contributed by atoms with Crippen molar-refractivity contribution in [3.63, 3.8) is 0 Å². The van der Waals surface area contributed by atoms with Crippen LogP contribution in [-0.4, -0.2) is 6.61 Å². The fraction of sp³-hybridized carbons (Fsp3) is 0.250. The second-order valence-corrected chi connectivity index (χ2v) is 4.45. The average Bonchev–Trinajstić information content (AvgIpc) is 2.45. The molecule has 3 nitrogen and oxygen atoms in total. The molecule has 0 aromatic heterocycles. The van der Waals surface area contributed by atoms with Crippen LogP contribution in [0.4, 0.5) is 10.1 Å². The van der Waals surface area contributed by atoms with E-state index in [0.717, 1.165) is 23.5 Å². The van der Waals surface area contributed by atoms with E-state index in [9.17, 15) is 4.39 Å². The van der Waals surface area contributed by atoms with Gasteiger partial charge in [-0.05, 0) is 42.8 Å². The van der Waals surface area contributed by atoms with Gasteiger partial charge in [0.2, 0.25) is 0 Å². The van der Waals surface area contributed by atoms with Gasteiger partial charge in [-0.15, -0.1) is 0 Å². The van der Waals surface area contributed by atoms with Gasteiger partial charge in [0.25, 0.3) is 0 Å². The van der Waals surface area contributed by atoms with Crippen LogP contribution in [0.25, 0.3) is 0 Å². The van der Waals surface area contributed by atoms with E-state index in [-0.39, 0.29) is 5.82 Å². The molecule has 2 rings (SSSR count). The number of benzene rings is 2. The summed E-state index contributed by atoms with van der Waals surface area (Å²) in [5.41, 5.74) is 6.88. The zero-order valence-electron chi connectivity index (χ0n) is 11.4. The molecule has 4 heteroatoms. The molecule has 0 heterocycles. The molecule has 0 aliphatic carbocycles. The molecule has 0 unspecified atom stereocenters. The topological polar surface area (TPSA) is 44.5 Å². The quantitative estimate of drug-likeness (QED) is 0.816. The van der Waals surface area contributed by atoms with E-state index >= 15 is 0 Å². The van der Waals surface area contributed by atoms with E-state index < -0.39 is 0 Å². The summed E-state index contributed by atoms with van der Waals surface area (Å²) < 4.78 is 24.0. The van der Waals surface area contributed by atoms with Gasteiger partial charge in [-0.2, -0.15) is 0 Å². The van der Waals surface area contributed by atoms with Crippen LogP contribution in [0.5, 0.6) is 11.5 Å². The standard InChI is InChI=1S/C16H18FNO2/c1-2-9-19-14-5-7-15(8-6-14)20-11-12-3-4-13(17)10-16(12)18/h3-8,10H,2,9,11,18H2,1H3. The molecule has 0 atom stereocenters. The summed E-state index contributed by atoms with van der Waals surface area (Å²) in [6.45, 7) is 3.07. The van der Waals surface area contributed by atoms with Crippen LogP contribution in [0.1, 0.15) is 18.9 Å². The van der Waals surface area contributed by atoms with Crippen LogP contribution in [0.2, 0.25) is 0 Å². The summed E-state index contributed by atoms with van der Waals surface area (Å²) in [5.74, 6) is 1.20. The first kappa shape index (κ1) is 14.2. The third kappa shape index (κ3) is 3.88. The van der Waals surface area contributed by atoms with Gasteiger partial charge in [-0.25, -0.2) is 4.39 Å². The van der Waals surface area contributed by atoms with Crippen molar-refractivity contribution in [3.8, 4) is 11.5 Å².